The highest BCUT2D eigenvalue weighted by Crippen LogP contribution is 2.25. The van der Waals surface area contributed by atoms with Crippen molar-refractivity contribution in [1.82, 2.24) is 16.0 Å². The Bertz CT molecular complexity index is 1680. The minimum absolute atomic E-state index is 0.0728. The van der Waals surface area contributed by atoms with Crippen molar-refractivity contribution in [1.29, 1.82) is 0 Å². The predicted molar refractivity (Wildman–Crippen MR) is 178 cm³/mol. The molecule has 0 aliphatic heterocycles. The summed E-state index contributed by atoms with van der Waals surface area (Å²) in [4.78, 5) is 80.1. The van der Waals surface area contributed by atoms with Crippen LogP contribution in [-0.4, -0.2) is 56.3 Å². The van der Waals surface area contributed by atoms with Crippen LogP contribution >= 0.6 is 0 Å². The van der Waals surface area contributed by atoms with Gasteiger partial charge in [0, 0.05) is 19.6 Å². The zero-order chi connectivity index (χ0) is 36.0. The largest absolute Gasteiger partial charge is 0.449 e. The lowest BCUT2D eigenvalue weighted by atomic mass is 9.88. The van der Waals surface area contributed by atoms with Gasteiger partial charge in [0.1, 0.15) is 19.8 Å². The molecule has 260 valence electrons. The number of amides is 3. The number of nitrogens with one attached hydrogen (secondary N) is 3. The van der Waals surface area contributed by atoms with Crippen molar-refractivity contribution in [3.63, 3.8) is 0 Å². The van der Waals surface area contributed by atoms with Crippen LogP contribution < -0.4 is 16.0 Å². The highest BCUT2D eigenvalue weighted by atomic mass is 16.6. The molecule has 0 aromatic heterocycles. The number of ether oxygens (including phenoxy) is 3. The Balaban J connectivity index is 1.61. The molecule has 50 heavy (non-hydrogen) atoms. The second-order valence-corrected chi connectivity index (χ2v) is 11.0. The van der Waals surface area contributed by atoms with Gasteiger partial charge in [-0.1, -0.05) is 67.6 Å². The first-order valence-corrected chi connectivity index (χ1v) is 15.4. The molecule has 0 bridgehead atoms. The molecule has 15 heteroatoms. The Morgan fingerprint density at radius 3 is 1.40 bits per heavy atom. The number of aliphatic imine (C=N–C) groups is 3. The molecule has 0 saturated heterocycles. The molecule has 0 atom stereocenters. The first kappa shape index (κ1) is 38.1. The van der Waals surface area contributed by atoms with Gasteiger partial charge in [-0.25, -0.2) is 38.8 Å². The van der Waals surface area contributed by atoms with E-state index in [1.165, 1.54) is 18.2 Å². The van der Waals surface area contributed by atoms with E-state index >= 15 is 0 Å². The summed E-state index contributed by atoms with van der Waals surface area (Å²) in [7, 11) is 0. The number of carbonyl (C=O) groups excluding carboxylic acids is 6. The van der Waals surface area contributed by atoms with Gasteiger partial charge in [0.05, 0.1) is 24.2 Å². The molecule has 0 saturated carbocycles. The number of alkyl carbamates (subject to hydrolysis) is 3. The SMILES string of the molecule is CCC(COC(=O)NCc1cccc(CN=C=O)c1)(COC(=O)NCc1cccc(CN=C=O)c1)COC(=O)NCc1cccc(N=C=O)c1. The molecule has 0 fully saturated rings. The lowest BCUT2D eigenvalue weighted by molar-refractivity contribution is -0.0177. The molecule has 0 heterocycles. The van der Waals surface area contributed by atoms with E-state index in [4.69, 9.17) is 14.2 Å². The van der Waals surface area contributed by atoms with Gasteiger partial charge < -0.3 is 30.2 Å². The molecular formula is C35H36N6O9. The molecule has 0 aliphatic rings. The molecule has 0 unspecified atom stereocenters. The van der Waals surface area contributed by atoms with E-state index in [1.54, 1.807) is 79.7 Å². The van der Waals surface area contributed by atoms with Crippen LogP contribution in [0.5, 0.6) is 0 Å². The number of benzene rings is 3. The smallest absolute Gasteiger partial charge is 0.407 e. The fourth-order valence-corrected chi connectivity index (χ4v) is 4.47. The maximum Gasteiger partial charge on any atom is 0.407 e. The van der Waals surface area contributed by atoms with Crippen LogP contribution in [0.2, 0.25) is 0 Å². The van der Waals surface area contributed by atoms with Crippen molar-refractivity contribution < 1.29 is 43.0 Å². The summed E-state index contributed by atoms with van der Waals surface area (Å²) in [5, 5.41) is 7.90. The van der Waals surface area contributed by atoms with Crippen molar-refractivity contribution >= 4 is 42.2 Å². The van der Waals surface area contributed by atoms with E-state index in [1.807, 2.05) is 0 Å². The Kier molecular flexibility index (Phi) is 15.8. The van der Waals surface area contributed by atoms with Gasteiger partial charge in [-0.05, 0) is 46.4 Å². The Morgan fingerprint density at radius 2 is 1.00 bits per heavy atom. The second-order valence-electron chi connectivity index (χ2n) is 11.0. The van der Waals surface area contributed by atoms with Gasteiger partial charge in [-0.2, -0.15) is 4.99 Å². The number of isocyanates is 3. The van der Waals surface area contributed by atoms with Crippen LogP contribution in [0.15, 0.2) is 87.8 Å². The maximum atomic E-state index is 12.7. The molecular weight excluding hydrogens is 648 g/mol. The molecule has 0 aliphatic carbocycles. The predicted octanol–water partition coefficient (Wildman–Crippen LogP) is 4.80. The van der Waals surface area contributed by atoms with Crippen LogP contribution in [0.25, 0.3) is 0 Å². The Labute approximate surface area is 287 Å². The van der Waals surface area contributed by atoms with Gasteiger partial charge in [-0.15, -0.1) is 0 Å². The molecule has 15 nitrogen and oxygen atoms in total. The minimum Gasteiger partial charge on any atom is -0.449 e. The van der Waals surface area contributed by atoms with E-state index in [9.17, 15) is 28.8 Å². The third-order valence-corrected chi connectivity index (χ3v) is 7.31. The number of carbonyl (C=O) groups is 3. The maximum absolute atomic E-state index is 12.7. The summed E-state index contributed by atoms with van der Waals surface area (Å²) >= 11 is 0. The summed E-state index contributed by atoms with van der Waals surface area (Å²) in [6, 6.07) is 20.8. The summed E-state index contributed by atoms with van der Waals surface area (Å²) in [5.74, 6) is 0. The van der Waals surface area contributed by atoms with Gasteiger partial charge in [-0.3, -0.25) is 0 Å². The summed E-state index contributed by atoms with van der Waals surface area (Å²) in [6.07, 6.45) is 2.42. The lowest BCUT2D eigenvalue weighted by Gasteiger charge is -2.31. The summed E-state index contributed by atoms with van der Waals surface area (Å²) in [5.41, 5.74) is 2.93. The Hall–Kier alpha value is -6.39. The van der Waals surface area contributed by atoms with Crippen molar-refractivity contribution in [2.24, 2.45) is 20.4 Å². The Morgan fingerprint density at radius 1 is 0.600 bits per heavy atom. The number of nitrogens with zero attached hydrogens (tertiary/aromatic N) is 3. The third-order valence-electron chi connectivity index (χ3n) is 7.31. The average Bonchev–Trinajstić information content (AvgIpc) is 3.14. The van der Waals surface area contributed by atoms with Crippen LogP contribution in [0.3, 0.4) is 0 Å². The number of rotatable bonds is 18. The van der Waals surface area contributed by atoms with Gasteiger partial charge in [0.15, 0.2) is 0 Å². The zero-order valence-corrected chi connectivity index (χ0v) is 27.3. The van der Waals surface area contributed by atoms with E-state index in [-0.39, 0.29) is 59.0 Å². The number of hydrogen-bond donors (Lipinski definition) is 3. The molecule has 3 N–H and O–H groups in total. The van der Waals surface area contributed by atoms with E-state index in [0.717, 1.165) is 22.3 Å². The lowest BCUT2D eigenvalue weighted by Crippen LogP contribution is -2.42. The molecule has 3 aromatic carbocycles. The minimum atomic E-state index is -1.12. The second kappa shape index (κ2) is 20.8. The monoisotopic (exact) mass is 684 g/mol. The van der Waals surface area contributed by atoms with Crippen molar-refractivity contribution in [3.8, 4) is 0 Å². The van der Waals surface area contributed by atoms with Crippen LogP contribution in [-0.2, 0) is 61.3 Å². The van der Waals surface area contributed by atoms with Crippen LogP contribution in [0, 0.1) is 5.41 Å². The molecule has 0 spiro atoms. The van der Waals surface area contributed by atoms with Crippen LogP contribution in [0.1, 0.15) is 41.2 Å². The van der Waals surface area contributed by atoms with Crippen LogP contribution in [0.4, 0.5) is 20.1 Å². The van der Waals surface area contributed by atoms with Crippen molar-refractivity contribution in [2.75, 3.05) is 19.8 Å². The molecule has 3 rings (SSSR count). The van der Waals surface area contributed by atoms with E-state index in [0.29, 0.717) is 11.3 Å². The fourth-order valence-electron chi connectivity index (χ4n) is 4.47. The highest BCUT2D eigenvalue weighted by Gasteiger charge is 2.34. The van der Waals surface area contributed by atoms with Crippen molar-refractivity contribution in [3.05, 3.63) is 101 Å². The van der Waals surface area contributed by atoms with Gasteiger partial charge in [0.2, 0.25) is 18.2 Å². The highest BCUT2D eigenvalue weighted by molar-refractivity contribution is 5.68. The third kappa shape index (κ3) is 13.8. The summed E-state index contributed by atoms with van der Waals surface area (Å²) in [6.45, 7) is 1.59. The first-order chi connectivity index (χ1) is 24.3. The van der Waals surface area contributed by atoms with Gasteiger partial charge in [0.25, 0.3) is 0 Å². The fraction of sp³-hybridized carbons (Fsp3) is 0.314. The summed E-state index contributed by atoms with van der Waals surface area (Å²) < 4.78 is 16.5. The number of hydrogen-bond acceptors (Lipinski definition) is 12. The van der Waals surface area contributed by atoms with E-state index < -0.39 is 23.7 Å². The van der Waals surface area contributed by atoms with Gasteiger partial charge >= 0.3 is 18.3 Å². The quantitative estimate of drug-likeness (QED) is 0.0955. The standard InChI is InChI=1S/C35H36N6O9/c1-2-35(22-50-34(47)40-19-30-10-5-11-31(14-30)41-25-44,20-48-32(45)38-17-28-8-3-6-26(12-28)15-36-23-42)21-49-33(46)39-18-29-9-4-7-27(13-29)16-37-24-43/h3-14H,2,15-22H2,1H3,(H,38,45)(H,39,46)(H,40,47). The van der Waals surface area contributed by atoms with Crippen molar-refractivity contribution in [2.45, 2.75) is 46.1 Å². The first-order valence-electron chi connectivity index (χ1n) is 15.4. The normalized spacial score (nSPS) is 11.2. The molecule has 0 radical (unpaired) electrons. The zero-order valence-electron chi connectivity index (χ0n) is 27.3. The molecule has 3 amide bonds. The van der Waals surface area contributed by atoms with E-state index in [2.05, 4.69) is 30.9 Å². The topological polar surface area (TPSA) is 203 Å². The average molecular weight is 685 g/mol. The molecule has 3 aromatic rings.